The van der Waals surface area contributed by atoms with E-state index in [-0.39, 0.29) is 5.91 Å². The molecule has 6 nitrogen and oxygen atoms in total. The minimum atomic E-state index is -3.32. The molecular formula is C13H18N2O4S. The molecule has 0 bridgehead atoms. The Morgan fingerprint density at radius 3 is 2.35 bits per heavy atom. The lowest BCUT2D eigenvalue weighted by atomic mass is 9.90. The van der Waals surface area contributed by atoms with Crippen LogP contribution in [0.1, 0.15) is 23.7 Å². The van der Waals surface area contributed by atoms with Gasteiger partial charge in [0.05, 0.1) is 24.9 Å². The van der Waals surface area contributed by atoms with Gasteiger partial charge in [0.15, 0.2) is 0 Å². The van der Waals surface area contributed by atoms with Crippen LogP contribution in [0.15, 0.2) is 24.3 Å². The van der Waals surface area contributed by atoms with Crippen molar-refractivity contribution in [2.45, 2.75) is 18.9 Å². The van der Waals surface area contributed by atoms with Crippen molar-refractivity contribution in [3.63, 3.8) is 0 Å². The SMILES string of the molecule is CCC1(O)CN(C(=O)c2ccc(NS(C)(=O)=O)cc2)C1. The Balaban J connectivity index is 2.02. The fraction of sp³-hybridized carbons (Fsp3) is 0.462. The minimum absolute atomic E-state index is 0.158. The van der Waals surface area contributed by atoms with Crippen molar-refractivity contribution < 1.29 is 18.3 Å². The van der Waals surface area contributed by atoms with Crippen LogP contribution >= 0.6 is 0 Å². The van der Waals surface area contributed by atoms with E-state index in [1.54, 1.807) is 29.2 Å². The molecule has 1 aromatic carbocycles. The van der Waals surface area contributed by atoms with Gasteiger partial charge in [-0.3, -0.25) is 9.52 Å². The maximum atomic E-state index is 12.1. The van der Waals surface area contributed by atoms with Crippen LogP contribution in [-0.4, -0.2) is 49.3 Å². The molecule has 1 aromatic rings. The van der Waals surface area contributed by atoms with Crippen molar-refractivity contribution in [3.05, 3.63) is 29.8 Å². The van der Waals surface area contributed by atoms with Crippen LogP contribution < -0.4 is 4.72 Å². The summed E-state index contributed by atoms with van der Waals surface area (Å²) < 4.78 is 24.5. The van der Waals surface area contributed by atoms with E-state index in [0.717, 1.165) is 6.26 Å². The number of sulfonamides is 1. The molecule has 7 heteroatoms. The van der Waals surface area contributed by atoms with Crippen LogP contribution in [0, 0.1) is 0 Å². The number of β-amino-alcohol motifs (C(OH)–C–C–N with tert-alkyl or cyclic N) is 1. The third-order valence-electron chi connectivity index (χ3n) is 3.35. The van der Waals surface area contributed by atoms with E-state index in [2.05, 4.69) is 4.72 Å². The van der Waals surface area contributed by atoms with Gasteiger partial charge >= 0.3 is 0 Å². The zero-order valence-corrected chi connectivity index (χ0v) is 12.3. The molecule has 1 amide bonds. The summed E-state index contributed by atoms with van der Waals surface area (Å²) in [5, 5.41) is 9.89. The lowest BCUT2D eigenvalue weighted by Crippen LogP contribution is -2.63. The molecule has 1 aliphatic heterocycles. The zero-order chi connectivity index (χ0) is 15.0. The Bertz CT molecular complexity index is 604. The van der Waals surface area contributed by atoms with Crippen molar-refractivity contribution in [3.8, 4) is 0 Å². The largest absolute Gasteiger partial charge is 0.386 e. The number of nitrogens with one attached hydrogen (secondary N) is 1. The molecule has 20 heavy (non-hydrogen) atoms. The van der Waals surface area contributed by atoms with Crippen LogP contribution in [0.3, 0.4) is 0 Å². The predicted molar refractivity (Wildman–Crippen MR) is 76.1 cm³/mol. The molecule has 1 heterocycles. The van der Waals surface area contributed by atoms with Crippen molar-refractivity contribution in [2.75, 3.05) is 24.1 Å². The van der Waals surface area contributed by atoms with Gasteiger partial charge in [-0.2, -0.15) is 0 Å². The quantitative estimate of drug-likeness (QED) is 0.854. The van der Waals surface area contributed by atoms with Gasteiger partial charge in [-0.15, -0.1) is 0 Å². The summed E-state index contributed by atoms with van der Waals surface area (Å²) in [6, 6.07) is 6.22. The molecule has 0 spiro atoms. The Morgan fingerprint density at radius 1 is 1.35 bits per heavy atom. The molecule has 0 atom stereocenters. The van der Waals surface area contributed by atoms with Gasteiger partial charge in [0.2, 0.25) is 10.0 Å². The molecule has 1 aliphatic rings. The number of anilines is 1. The summed E-state index contributed by atoms with van der Waals surface area (Å²) in [5.74, 6) is -0.158. The van der Waals surface area contributed by atoms with E-state index < -0.39 is 15.6 Å². The highest BCUT2D eigenvalue weighted by atomic mass is 32.2. The van der Waals surface area contributed by atoms with E-state index in [1.165, 1.54) is 0 Å². The first-order valence-corrected chi connectivity index (χ1v) is 8.21. The summed E-state index contributed by atoms with van der Waals surface area (Å²) in [7, 11) is -3.32. The van der Waals surface area contributed by atoms with Gasteiger partial charge in [0.25, 0.3) is 5.91 Å². The normalized spacial score (nSPS) is 17.4. The molecule has 1 fully saturated rings. The average Bonchev–Trinajstić information content (AvgIpc) is 2.33. The molecule has 0 unspecified atom stereocenters. The minimum Gasteiger partial charge on any atom is -0.386 e. The number of aliphatic hydroxyl groups is 1. The van der Waals surface area contributed by atoms with E-state index >= 15 is 0 Å². The summed E-state index contributed by atoms with van der Waals surface area (Å²) in [6.45, 7) is 2.56. The van der Waals surface area contributed by atoms with Gasteiger partial charge in [-0.05, 0) is 30.7 Å². The van der Waals surface area contributed by atoms with Gasteiger partial charge in [0, 0.05) is 11.3 Å². The Labute approximate surface area is 118 Å². The smallest absolute Gasteiger partial charge is 0.254 e. The number of rotatable bonds is 4. The average molecular weight is 298 g/mol. The van der Waals surface area contributed by atoms with Crippen LogP contribution in [0.2, 0.25) is 0 Å². The monoisotopic (exact) mass is 298 g/mol. The highest BCUT2D eigenvalue weighted by Gasteiger charge is 2.42. The molecule has 0 saturated carbocycles. The van der Waals surface area contributed by atoms with E-state index in [4.69, 9.17) is 0 Å². The predicted octanol–water partition coefficient (Wildman–Crippen LogP) is 0.655. The first-order valence-electron chi connectivity index (χ1n) is 6.32. The Hall–Kier alpha value is -1.60. The van der Waals surface area contributed by atoms with E-state index in [1.807, 2.05) is 6.92 Å². The Kier molecular flexibility index (Phi) is 3.75. The third-order valence-corrected chi connectivity index (χ3v) is 3.96. The number of hydrogen-bond acceptors (Lipinski definition) is 4. The van der Waals surface area contributed by atoms with Crippen molar-refractivity contribution in [1.29, 1.82) is 0 Å². The van der Waals surface area contributed by atoms with Crippen molar-refractivity contribution in [2.24, 2.45) is 0 Å². The second-order valence-electron chi connectivity index (χ2n) is 5.19. The zero-order valence-electron chi connectivity index (χ0n) is 11.5. The topological polar surface area (TPSA) is 86.7 Å². The molecule has 0 aromatic heterocycles. The van der Waals surface area contributed by atoms with Gasteiger partial charge < -0.3 is 10.0 Å². The molecule has 110 valence electrons. The first kappa shape index (κ1) is 14.8. The maximum absolute atomic E-state index is 12.1. The fourth-order valence-corrected chi connectivity index (χ4v) is 2.67. The Morgan fingerprint density at radius 2 is 1.90 bits per heavy atom. The van der Waals surface area contributed by atoms with Crippen LogP contribution in [-0.2, 0) is 10.0 Å². The standard InChI is InChI=1S/C13H18N2O4S/c1-3-13(17)8-15(9-13)12(16)10-4-6-11(7-5-10)14-20(2,18)19/h4-7,14,17H,3,8-9H2,1-2H3. The van der Waals surface area contributed by atoms with Crippen LogP contribution in [0.25, 0.3) is 0 Å². The van der Waals surface area contributed by atoms with Gasteiger partial charge in [-0.1, -0.05) is 6.92 Å². The van der Waals surface area contributed by atoms with E-state index in [9.17, 15) is 18.3 Å². The van der Waals surface area contributed by atoms with Gasteiger partial charge in [0.1, 0.15) is 0 Å². The molecule has 2 rings (SSSR count). The summed E-state index contributed by atoms with van der Waals surface area (Å²) in [6.07, 6.45) is 1.69. The van der Waals surface area contributed by atoms with Crippen LogP contribution in [0.4, 0.5) is 5.69 Å². The number of carbonyl (C=O) groups excluding carboxylic acids is 1. The number of carbonyl (C=O) groups is 1. The highest BCUT2D eigenvalue weighted by Crippen LogP contribution is 2.26. The maximum Gasteiger partial charge on any atom is 0.254 e. The summed E-state index contributed by atoms with van der Waals surface area (Å²) >= 11 is 0. The number of likely N-dealkylation sites (tertiary alicyclic amines) is 1. The van der Waals surface area contributed by atoms with Gasteiger partial charge in [-0.25, -0.2) is 8.42 Å². The first-order chi connectivity index (χ1) is 9.22. The highest BCUT2D eigenvalue weighted by molar-refractivity contribution is 7.92. The third kappa shape index (κ3) is 3.29. The lowest BCUT2D eigenvalue weighted by Gasteiger charge is -2.46. The fourth-order valence-electron chi connectivity index (χ4n) is 2.11. The molecule has 0 radical (unpaired) electrons. The lowest BCUT2D eigenvalue weighted by molar-refractivity contribution is -0.0826. The number of amides is 1. The molecule has 2 N–H and O–H groups in total. The van der Waals surface area contributed by atoms with E-state index in [0.29, 0.717) is 30.8 Å². The summed E-state index contributed by atoms with van der Waals surface area (Å²) in [4.78, 5) is 13.7. The summed E-state index contributed by atoms with van der Waals surface area (Å²) in [5.41, 5.74) is 0.132. The second kappa shape index (κ2) is 5.06. The molecule has 1 saturated heterocycles. The number of nitrogens with zero attached hydrogens (tertiary/aromatic N) is 1. The second-order valence-corrected chi connectivity index (χ2v) is 6.94. The molecule has 0 aliphatic carbocycles. The van der Waals surface area contributed by atoms with Crippen molar-refractivity contribution >= 4 is 21.6 Å². The van der Waals surface area contributed by atoms with Crippen molar-refractivity contribution in [1.82, 2.24) is 4.90 Å². The number of hydrogen-bond donors (Lipinski definition) is 2. The molecular weight excluding hydrogens is 280 g/mol. The number of benzene rings is 1. The van der Waals surface area contributed by atoms with Crippen LogP contribution in [0.5, 0.6) is 0 Å².